The zero-order chi connectivity index (χ0) is 28.6. The number of hydrogen-bond donors (Lipinski definition) is 0. The van der Waals surface area contributed by atoms with Crippen LogP contribution in [0.25, 0.3) is 28.2 Å². The van der Waals surface area contributed by atoms with E-state index >= 15 is 0 Å². The van der Waals surface area contributed by atoms with E-state index in [9.17, 15) is 5.26 Å². The summed E-state index contributed by atoms with van der Waals surface area (Å²) in [6.07, 6.45) is 5.09. The number of aryl methyl sites for hydroxylation is 1. The summed E-state index contributed by atoms with van der Waals surface area (Å²) in [5, 5.41) is 11.0. The molecule has 5 aromatic rings. The summed E-state index contributed by atoms with van der Waals surface area (Å²) in [5.74, 6) is 0.624. The van der Waals surface area contributed by atoms with Crippen LogP contribution in [0.2, 0.25) is 0 Å². The minimum atomic E-state index is 0.259. The standard InChI is InChI=1S/C37H35N3S/c1-25-15-18-30(19-16-25)40-33(26-11-7-5-8-12-26)21-28(35(40)27-13-9-6-10-14-27)24-39-36-32(23-38)31-20-17-29(37(2,3)4)22-34(31)41-36/h5-16,18-19,21,24,29H,17,20,22H2,1-4H3/t29-/m0/s1. The van der Waals surface area contributed by atoms with E-state index in [2.05, 4.69) is 129 Å². The summed E-state index contributed by atoms with van der Waals surface area (Å²) >= 11 is 1.71. The number of benzene rings is 3. The second kappa shape index (κ2) is 11.0. The van der Waals surface area contributed by atoms with Crippen LogP contribution in [0, 0.1) is 29.6 Å². The maximum atomic E-state index is 10.2. The molecule has 6 rings (SSSR count). The fraction of sp³-hybridized carbons (Fsp3) is 0.243. The molecule has 0 spiro atoms. The van der Waals surface area contributed by atoms with E-state index in [1.54, 1.807) is 11.3 Å². The maximum Gasteiger partial charge on any atom is 0.134 e. The van der Waals surface area contributed by atoms with Gasteiger partial charge in [0.2, 0.25) is 0 Å². The molecule has 204 valence electrons. The van der Waals surface area contributed by atoms with E-state index in [4.69, 9.17) is 4.99 Å². The van der Waals surface area contributed by atoms with Gasteiger partial charge in [0, 0.05) is 22.3 Å². The van der Waals surface area contributed by atoms with Crippen LogP contribution in [-0.2, 0) is 12.8 Å². The molecular weight excluding hydrogens is 518 g/mol. The van der Waals surface area contributed by atoms with E-state index in [1.807, 2.05) is 6.21 Å². The number of hydrogen-bond acceptors (Lipinski definition) is 3. The fourth-order valence-corrected chi connectivity index (χ4v) is 7.17. The van der Waals surface area contributed by atoms with Gasteiger partial charge < -0.3 is 4.57 Å². The lowest BCUT2D eigenvalue weighted by atomic mass is 9.72. The van der Waals surface area contributed by atoms with Gasteiger partial charge >= 0.3 is 0 Å². The van der Waals surface area contributed by atoms with E-state index in [1.165, 1.54) is 16.0 Å². The first-order valence-corrected chi connectivity index (χ1v) is 15.2. The molecular formula is C37H35N3S. The quantitative estimate of drug-likeness (QED) is 0.200. The van der Waals surface area contributed by atoms with Gasteiger partial charge in [-0.25, -0.2) is 4.99 Å². The molecule has 1 atom stereocenters. The Labute approximate surface area is 247 Å². The van der Waals surface area contributed by atoms with Crippen LogP contribution in [0.5, 0.6) is 0 Å². The molecule has 1 aliphatic rings. The molecule has 3 aromatic carbocycles. The first-order valence-electron chi connectivity index (χ1n) is 14.4. The van der Waals surface area contributed by atoms with E-state index in [0.717, 1.165) is 63.6 Å². The van der Waals surface area contributed by atoms with Crippen LogP contribution in [0.1, 0.15) is 54.3 Å². The van der Waals surface area contributed by atoms with Crippen molar-refractivity contribution in [3.8, 4) is 34.3 Å². The summed E-state index contributed by atoms with van der Waals surface area (Å²) in [5.41, 5.74) is 10.0. The summed E-state index contributed by atoms with van der Waals surface area (Å²) < 4.78 is 2.34. The molecule has 0 N–H and O–H groups in total. The number of fused-ring (bicyclic) bond motifs is 1. The third kappa shape index (κ3) is 5.31. The predicted octanol–water partition coefficient (Wildman–Crippen LogP) is 9.95. The second-order valence-electron chi connectivity index (χ2n) is 12.1. The molecule has 0 saturated carbocycles. The SMILES string of the molecule is Cc1ccc(-n2c(-c3ccccc3)cc(C=Nc3sc4c(c3C#N)CC[C@H](C(C)(C)C)C4)c2-c2ccccc2)cc1. The lowest BCUT2D eigenvalue weighted by Crippen LogP contribution is -2.26. The summed E-state index contributed by atoms with van der Waals surface area (Å²) in [6.45, 7) is 9.10. The third-order valence-electron chi connectivity index (χ3n) is 8.34. The van der Waals surface area contributed by atoms with Gasteiger partial charge in [-0.1, -0.05) is 99.1 Å². The molecule has 4 heteroatoms. The number of nitrogens with zero attached hydrogens (tertiary/aromatic N) is 3. The van der Waals surface area contributed by atoms with Gasteiger partial charge in [-0.2, -0.15) is 5.26 Å². The molecule has 0 fully saturated rings. The molecule has 0 bridgehead atoms. The average molecular weight is 554 g/mol. The molecule has 1 aliphatic carbocycles. The van der Waals surface area contributed by atoms with Crippen molar-refractivity contribution in [1.29, 1.82) is 5.26 Å². The monoisotopic (exact) mass is 553 g/mol. The Balaban J connectivity index is 1.52. The largest absolute Gasteiger partial charge is 0.309 e. The molecule has 2 aromatic heterocycles. The molecule has 0 aliphatic heterocycles. The number of rotatable bonds is 5. The van der Waals surface area contributed by atoms with Crippen LogP contribution < -0.4 is 0 Å². The van der Waals surface area contributed by atoms with Gasteiger partial charge in [0.05, 0.1) is 17.0 Å². The first kappa shape index (κ1) is 27.0. The minimum Gasteiger partial charge on any atom is -0.309 e. The van der Waals surface area contributed by atoms with Gasteiger partial charge in [0.1, 0.15) is 11.1 Å². The number of thiophene rings is 1. The van der Waals surface area contributed by atoms with Gasteiger partial charge in [0.25, 0.3) is 0 Å². The van der Waals surface area contributed by atoms with Crippen molar-refractivity contribution in [1.82, 2.24) is 4.57 Å². The van der Waals surface area contributed by atoms with Crippen molar-refractivity contribution in [2.24, 2.45) is 16.3 Å². The van der Waals surface area contributed by atoms with Crippen molar-refractivity contribution in [3.05, 3.63) is 118 Å². The normalized spacial score (nSPS) is 15.1. The highest BCUT2D eigenvalue weighted by Crippen LogP contribution is 2.45. The topological polar surface area (TPSA) is 41.1 Å². The molecule has 41 heavy (non-hydrogen) atoms. The van der Waals surface area contributed by atoms with Gasteiger partial charge in [-0.15, -0.1) is 11.3 Å². The smallest absolute Gasteiger partial charge is 0.134 e. The first-order chi connectivity index (χ1) is 19.8. The molecule has 0 amide bonds. The minimum absolute atomic E-state index is 0.259. The predicted molar refractivity (Wildman–Crippen MR) is 173 cm³/mol. The van der Waals surface area contributed by atoms with Crippen LogP contribution >= 0.6 is 11.3 Å². The van der Waals surface area contributed by atoms with E-state index < -0.39 is 0 Å². The Morgan fingerprint density at radius 3 is 2.22 bits per heavy atom. The van der Waals surface area contributed by atoms with E-state index in [-0.39, 0.29) is 5.41 Å². The van der Waals surface area contributed by atoms with Crippen LogP contribution in [0.4, 0.5) is 5.00 Å². The van der Waals surface area contributed by atoms with Gasteiger partial charge in [-0.3, -0.25) is 0 Å². The lowest BCUT2D eigenvalue weighted by molar-refractivity contribution is 0.218. The summed E-state index contributed by atoms with van der Waals surface area (Å²) in [7, 11) is 0. The second-order valence-corrected chi connectivity index (χ2v) is 13.2. The van der Waals surface area contributed by atoms with Crippen molar-refractivity contribution in [2.75, 3.05) is 0 Å². The third-order valence-corrected chi connectivity index (χ3v) is 9.51. The van der Waals surface area contributed by atoms with Crippen molar-refractivity contribution >= 4 is 22.6 Å². The Morgan fingerprint density at radius 2 is 1.59 bits per heavy atom. The summed E-state index contributed by atoms with van der Waals surface area (Å²) in [4.78, 5) is 6.38. The maximum absolute atomic E-state index is 10.2. The van der Waals surface area contributed by atoms with Crippen LogP contribution in [0.15, 0.2) is 96.0 Å². The van der Waals surface area contributed by atoms with Crippen molar-refractivity contribution in [2.45, 2.75) is 47.0 Å². The highest BCUT2D eigenvalue weighted by Gasteiger charge is 2.32. The molecule has 3 nitrogen and oxygen atoms in total. The molecule has 0 radical (unpaired) electrons. The highest BCUT2D eigenvalue weighted by molar-refractivity contribution is 7.16. The molecule has 0 saturated heterocycles. The Bertz CT molecular complexity index is 1740. The molecule has 0 unspecified atom stereocenters. The number of aromatic nitrogens is 1. The zero-order valence-electron chi connectivity index (χ0n) is 24.2. The zero-order valence-corrected chi connectivity index (χ0v) is 25.0. The molecule has 2 heterocycles. The van der Waals surface area contributed by atoms with E-state index in [0.29, 0.717) is 5.92 Å². The van der Waals surface area contributed by atoms with Crippen molar-refractivity contribution < 1.29 is 0 Å². The number of aliphatic imine (C=N–C) groups is 1. The van der Waals surface area contributed by atoms with Crippen LogP contribution in [0.3, 0.4) is 0 Å². The Morgan fingerprint density at radius 1 is 0.927 bits per heavy atom. The Kier molecular flexibility index (Phi) is 7.24. The lowest BCUT2D eigenvalue weighted by Gasteiger charge is -2.33. The summed E-state index contributed by atoms with van der Waals surface area (Å²) in [6, 6.07) is 34.5. The highest BCUT2D eigenvalue weighted by atomic mass is 32.1. The average Bonchev–Trinajstić information content (AvgIpc) is 3.54. The Hall–Kier alpha value is -4.20. The fourth-order valence-electron chi connectivity index (χ4n) is 5.95. The van der Waals surface area contributed by atoms with Crippen LogP contribution in [-0.4, -0.2) is 10.8 Å². The van der Waals surface area contributed by atoms with Crippen molar-refractivity contribution in [3.63, 3.8) is 0 Å². The van der Waals surface area contributed by atoms with Gasteiger partial charge in [0.15, 0.2) is 0 Å². The van der Waals surface area contributed by atoms with Gasteiger partial charge in [-0.05, 0) is 72.4 Å². The number of nitriles is 1.